The molecule has 0 spiro atoms. The molecule has 3 heterocycles. The molecule has 4 nitrogen and oxygen atoms in total. The van der Waals surface area contributed by atoms with Crippen molar-refractivity contribution in [2.75, 3.05) is 0 Å². The Morgan fingerprint density at radius 2 is 1.33 bits per heavy atom. The molecule has 3 aromatic heterocycles. The second-order valence-corrected chi connectivity index (χ2v) is 24.2. The third-order valence-electron chi connectivity index (χ3n) is 12.3. The number of aromatic nitrogens is 4. The van der Waals surface area contributed by atoms with Gasteiger partial charge in [0.1, 0.15) is 0 Å². The van der Waals surface area contributed by atoms with E-state index in [9.17, 15) is 0 Å². The predicted molar refractivity (Wildman–Crippen MR) is 272 cm³/mol. The summed E-state index contributed by atoms with van der Waals surface area (Å²) in [7, 11) is -1.40. The Kier molecular flexibility index (Phi) is 14.1. The summed E-state index contributed by atoms with van der Waals surface area (Å²) in [5.41, 5.74) is 16.8. The number of hydrogen-bond acceptors (Lipinski definition) is 2. The maximum atomic E-state index is 5.24. The first kappa shape index (κ1) is 46.6. The fraction of sp³-hybridized carbons (Fsp3) is 0.276. The van der Waals surface area contributed by atoms with Gasteiger partial charge in [0, 0.05) is 44.1 Å². The normalized spacial score (nSPS) is 11.8. The number of nitrogens with zero attached hydrogens (tertiary/aromatic N) is 4. The molecule has 0 N–H and O–H groups in total. The van der Waals surface area contributed by atoms with E-state index in [0.717, 1.165) is 52.2 Å². The average molecular weight is 1040 g/mol. The fourth-order valence-corrected chi connectivity index (χ4v) is 10.9. The molecule has 0 saturated carbocycles. The van der Waals surface area contributed by atoms with Crippen LogP contribution in [0.4, 0.5) is 0 Å². The van der Waals surface area contributed by atoms with Gasteiger partial charge < -0.3 is 14.1 Å². The molecule has 0 fully saturated rings. The van der Waals surface area contributed by atoms with E-state index >= 15 is 0 Å². The Morgan fingerprint density at radius 1 is 0.672 bits per heavy atom. The minimum atomic E-state index is -1.40. The summed E-state index contributed by atoms with van der Waals surface area (Å²) in [6, 6.07) is 52.6. The minimum Gasteiger partial charge on any atom is -0.381 e. The zero-order valence-electron chi connectivity index (χ0n) is 39.5. The van der Waals surface area contributed by atoms with Crippen LogP contribution in [0, 0.1) is 25.0 Å². The third kappa shape index (κ3) is 9.24. The number of fused-ring (bicyclic) bond motifs is 4. The van der Waals surface area contributed by atoms with Gasteiger partial charge in [-0.1, -0.05) is 164 Å². The van der Waals surface area contributed by atoms with Gasteiger partial charge in [0.2, 0.25) is 0 Å². The largest absolute Gasteiger partial charge is 0.381 e. The molecule has 0 atom stereocenters. The zero-order chi connectivity index (χ0) is 44.6. The second-order valence-electron chi connectivity index (χ2n) is 19.1. The summed E-state index contributed by atoms with van der Waals surface area (Å²) < 4.78 is 4.81. The van der Waals surface area contributed by atoms with E-state index in [-0.39, 0.29) is 20.1 Å². The number of imidazole rings is 1. The molecule has 9 rings (SSSR count). The van der Waals surface area contributed by atoms with Gasteiger partial charge >= 0.3 is 0 Å². The number of benzene rings is 6. The van der Waals surface area contributed by atoms with Crippen molar-refractivity contribution in [3.05, 3.63) is 168 Å². The maximum absolute atomic E-state index is 5.24. The summed E-state index contributed by atoms with van der Waals surface area (Å²) >= 11 is 0. The van der Waals surface area contributed by atoms with Gasteiger partial charge in [-0.2, -0.15) is 0 Å². The Bertz CT molecular complexity index is 3030. The summed E-state index contributed by atoms with van der Waals surface area (Å²) in [6.45, 7) is 26.2. The molecule has 64 heavy (non-hydrogen) atoms. The van der Waals surface area contributed by atoms with Gasteiger partial charge in [-0.05, 0) is 87.8 Å². The quantitative estimate of drug-likeness (QED) is 0.101. The second kappa shape index (κ2) is 19.4. The molecule has 6 heteroatoms. The van der Waals surface area contributed by atoms with E-state index in [2.05, 4.69) is 218 Å². The molecular weight excluding hydrogens is 973 g/mol. The van der Waals surface area contributed by atoms with Crippen LogP contribution in [0.2, 0.25) is 19.6 Å². The first-order chi connectivity index (χ1) is 30.2. The van der Waals surface area contributed by atoms with Gasteiger partial charge in [-0.15, -0.1) is 58.7 Å². The van der Waals surface area contributed by atoms with E-state index in [4.69, 9.17) is 9.97 Å². The van der Waals surface area contributed by atoms with Crippen molar-refractivity contribution in [1.29, 1.82) is 0 Å². The van der Waals surface area contributed by atoms with Gasteiger partial charge in [-0.25, -0.2) is 0 Å². The number of rotatable bonds is 10. The summed E-state index contributed by atoms with van der Waals surface area (Å²) in [4.78, 5) is 10.1. The standard InChI is InChI=1S/C34H34N3.C24H28NSi.Ir/c1-7-36-30-17-10-8-13-27(30)28-20-24(19-23(6)32(28)36)34-35-29-16-9-11-18-31(29)37(34)33-25(21(2)3)14-12-15-26(33)22(4)5;1-18(2)14-22-16-23(25-17-24(22)26(3,4)5)21-13-9-12-20(15-21)19-10-7-6-8-11-19;/h8-18,20-22H,7H2,1-6H3;6-12,15-18H,14H2,1-5H3;/q2*-1;. The summed E-state index contributed by atoms with van der Waals surface area (Å²) in [6.07, 6.45) is 3.23. The zero-order valence-corrected chi connectivity index (χ0v) is 42.9. The molecule has 0 aliphatic carbocycles. The van der Waals surface area contributed by atoms with Crippen LogP contribution >= 0.6 is 0 Å². The van der Waals surface area contributed by atoms with Crippen LogP contribution < -0.4 is 5.19 Å². The maximum Gasteiger partial charge on any atom is 0.0798 e. The van der Waals surface area contributed by atoms with Crippen LogP contribution in [0.15, 0.2) is 134 Å². The van der Waals surface area contributed by atoms with E-state index < -0.39 is 8.07 Å². The van der Waals surface area contributed by atoms with Gasteiger partial charge in [0.05, 0.1) is 24.9 Å². The first-order valence-corrected chi connectivity index (χ1v) is 26.4. The van der Waals surface area contributed by atoms with Crippen molar-refractivity contribution in [3.63, 3.8) is 0 Å². The predicted octanol–water partition coefficient (Wildman–Crippen LogP) is 15.1. The van der Waals surface area contributed by atoms with Crippen molar-refractivity contribution in [3.8, 4) is 39.5 Å². The molecule has 0 aliphatic rings. The molecule has 0 unspecified atom stereocenters. The van der Waals surface area contributed by atoms with Gasteiger partial charge in [-0.3, -0.25) is 4.98 Å². The van der Waals surface area contributed by atoms with Crippen molar-refractivity contribution in [2.24, 2.45) is 5.92 Å². The smallest absolute Gasteiger partial charge is 0.0798 e. The Balaban J connectivity index is 0.000000201. The third-order valence-corrected chi connectivity index (χ3v) is 14.3. The molecule has 1 radical (unpaired) electrons. The van der Waals surface area contributed by atoms with E-state index in [0.29, 0.717) is 17.8 Å². The van der Waals surface area contributed by atoms with Crippen LogP contribution in [0.5, 0.6) is 0 Å². The molecular formula is C58H62IrN4Si-2. The topological polar surface area (TPSA) is 35.6 Å². The Morgan fingerprint density at radius 3 is 1.98 bits per heavy atom. The van der Waals surface area contributed by atoms with Gasteiger partial charge in [0.15, 0.2) is 0 Å². The van der Waals surface area contributed by atoms with Crippen LogP contribution in [0.3, 0.4) is 0 Å². The Labute approximate surface area is 396 Å². The van der Waals surface area contributed by atoms with Crippen LogP contribution in [0.25, 0.3) is 72.3 Å². The number of para-hydroxylation sites is 4. The SMILES string of the molecule is CC(C)Cc1cc(-c2[c-]ccc(-c3ccccc3)c2)ncc1[Si](C)(C)C.CCn1c2ccccc2c2cc(-c3nc4ccccc4n3-c3c(C(C)C)cccc3C(C)C)[c-]c(C)c21.[Ir]. The molecule has 0 bridgehead atoms. The van der Waals surface area contributed by atoms with Crippen molar-refractivity contribution in [1.82, 2.24) is 19.1 Å². The molecule has 6 aromatic carbocycles. The van der Waals surface area contributed by atoms with Crippen LogP contribution in [-0.2, 0) is 33.1 Å². The van der Waals surface area contributed by atoms with Crippen molar-refractivity contribution in [2.45, 2.75) is 99.8 Å². The number of pyridine rings is 1. The molecule has 0 saturated heterocycles. The minimum absolute atomic E-state index is 0. The average Bonchev–Trinajstić information content (AvgIpc) is 3.82. The van der Waals surface area contributed by atoms with Crippen molar-refractivity contribution >= 4 is 46.1 Å². The van der Waals surface area contributed by atoms with Crippen LogP contribution in [0.1, 0.15) is 82.6 Å². The number of aryl methyl sites for hydroxylation is 2. The van der Waals surface area contributed by atoms with Gasteiger partial charge in [0.25, 0.3) is 0 Å². The fourth-order valence-electron chi connectivity index (χ4n) is 9.33. The number of hydrogen-bond donors (Lipinski definition) is 0. The monoisotopic (exact) mass is 1040 g/mol. The summed E-state index contributed by atoms with van der Waals surface area (Å²) in [5.74, 6) is 2.37. The molecule has 0 aliphatic heterocycles. The molecule has 0 amide bonds. The van der Waals surface area contributed by atoms with Crippen molar-refractivity contribution < 1.29 is 20.1 Å². The van der Waals surface area contributed by atoms with E-state index in [1.54, 1.807) is 0 Å². The van der Waals surface area contributed by atoms with Crippen LogP contribution in [-0.4, -0.2) is 27.2 Å². The van der Waals surface area contributed by atoms with E-state index in [1.807, 2.05) is 12.1 Å². The molecule has 329 valence electrons. The first-order valence-electron chi connectivity index (χ1n) is 22.9. The Hall–Kier alpha value is -5.39. The summed E-state index contributed by atoms with van der Waals surface area (Å²) in [5, 5.41) is 4.03. The molecule has 9 aromatic rings. The van der Waals surface area contributed by atoms with E-state index in [1.165, 1.54) is 60.5 Å².